The van der Waals surface area contributed by atoms with Gasteiger partial charge in [-0.2, -0.15) is 0 Å². The van der Waals surface area contributed by atoms with Crippen molar-refractivity contribution in [3.05, 3.63) is 249 Å². The zero-order chi connectivity index (χ0) is 43.6. The summed E-state index contributed by atoms with van der Waals surface area (Å²) in [4.78, 5) is 2.38. The molecule has 1 heterocycles. The van der Waals surface area contributed by atoms with Crippen molar-refractivity contribution in [1.29, 1.82) is 0 Å². The molecule has 0 fully saturated rings. The number of benzene rings is 12. The maximum Gasteiger partial charge on any atom is 0.136 e. The van der Waals surface area contributed by atoms with Crippen LogP contribution in [0.25, 0.3) is 110 Å². The van der Waals surface area contributed by atoms with E-state index in [0.29, 0.717) is 0 Å². The fourth-order valence-electron chi connectivity index (χ4n) is 10.1. The molecule has 2 nitrogen and oxygen atoms in total. The number of rotatable bonds is 7. The molecule has 0 saturated heterocycles. The van der Waals surface area contributed by atoms with Gasteiger partial charge in [-0.1, -0.05) is 188 Å². The predicted octanol–water partition coefficient (Wildman–Crippen LogP) is 18.3. The van der Waals surface area contributed by atoms with Gasteiger partial charge < -0.3 is 9.32 Å². The van der Waals surface area contributed by atoms with Crippen LogP contribution in [0.1, 0.15) is 0 Å². The zero-order valence-corrected chi connectivity index (χ0v) is 36.0. The molecular weight excluding hydrogens is 799 g/mol. The second-order valence-electron chi connectivity index (χ2n) is 17.3. The van der Waals surface area contributed by atoms with Crippen LogP contribution in [-0.2, 0) is 0 Å². The van der Waals surface area contributed by atoms with Gasteiger partial charge in [-0.05, 0) is 148 Å². The largest absolute Gasteiger partial charge is 0.456 e. The molecule has 13 aromatic rings. The molecule has 308 valence electrons. The van der Waals surface area contributed by atoms with Gasteiger partial charge in [0.15, 0.2) is 0 Å². The van der Waals surface area contributed by atoms with Crippen LogP contribution in [0.4, 0.5) is 17.1 Å². The summed E-state index contributed by atoms with van der Waals surface area (Å²) in [5, 5.41) is 12.4. The highest BCUT2D eigenvalue weighted by Crippen LogP contribution is 2.42. The van der Waals surface area contributed by atoms with Crippen LogP contribution in [0.15, 0.2) is 253 Å². The summed E-state index contributed by atoms with van der Waals surface area (Å²) in [6, 6.07) is 90.4. The minimum Gasteiger partial charge on any atom is -0.456 e. The molecule has 12 aromatic carbocycles. The first-order valence-corrected chi connectivity index (χ1v) is 22.6. The highest BCUT2D eigenvalue weighted by atomic mass is 16.3. The SMILES string of the molecule is c1cc(-c2ccc3ccc4ccccc4c3c2)cc(N(c2ccc(-c3ccc(-c4ccc5c(ccc6ccccc65)c4)cc3)cc2)c2cccc(-c3cccc4oc5ccccc5c34)c2)c1. The normalized spacial score (nSPS) is 11.6. The Morgan fingerprint density at radius 2 is 0.712 bits per heavy atom. The number of hydrogen-bond acceptors (Lipinski definition) is 2. The van der Waals surface area contributed by atoms with Gasteiger partial charge in [0.05, 0.1) is 0 Å². The molecule has 0 aliphatic heterocycles. The number of nitrogens with zero attached hydrogens (tertiary/aromatic N) is 1. The molecule has 0 aliphatic rings. The van der Waals surface area contributed by atoms with Crippen molar-refractivity contribution >= 4 is 82.1 Å². The van der Waals surface area contributed by atoms with Crippen LogP contribution < -0.4 is 4.90 Å². The van der Waals surface area contributed by atoms with E-state index >= 15 is 0 Å². The maximum atomic E-state index is 6.33. The highest BCUT2D eigenvalue weighted by Gasteiger charge is 2.18. The van der Waals surface area contributed by atoms with Gasteiger partial charge in [0.1, 0.15) is 11.2 Å². The standard InChI is InChI=1S/C64H41NO/c1-3-16-56-45(10-1)29-31-52-38-49(34-37-58(52)56)44-24-22-42(23-25-44)43-32-35-53(36-33-43)65(55-15-8-13-51(40-55)59-19-9-21-63-64(59)60-18-5-6-20-62(60)66-63)54-14-7-12-48(39-54)50-30-28-47-27-26-46-11-2-4-17-57(46)61(47)41-50/h1-41H. The molecule has 0 atom stereocenters. The Bertz CT molecular complexity index is 3990. The Hall–Kier alpha value is -8.72. The second-order valence-corrected chi connectivity index (χ2v) is 17.3. The van der Waals surface area contributed by atoms with Crippen LogP contribution in [0.3, 0.4) is 0 Å². The Labute approximate surface area is 382 Å². The van der Waals surface area contributed by atoms with Crippen molar-refractivity contribution in [3.63, 3.8) is 0 Å². The lowest BCUT2D eigenvalue weighted by Gasteiger charge is -2.27. The molecule has 0 radical (unpaired) electrons. The molecule has 0 bridgehead atoms. The van der Waals surface area contributed by atoms with E-state index in [-0.39, 0.29) is 0 Å². The van der Waals surface area contributed by atoms with Crippen molar-refractivity contribution in [2.24, 2.45) is 0 Å². The van der Waals surface area contributed by atoms with Crippen molar-refractivity contribution in [3.8, 4) is 44.5 Å². The number of para-hydroxylation sites is 1. The van der Waals surface area contributed by atoms with E-state index in [9.17, 15) is 0 Å². The molecule has 66 heavy (non-hydrogen) atoms. The Balaban J connectivity index is 0.889. The molecule has 0 aliphatic carbocycles. The third-order valence-corrected chi connectivity index (χ3v) is 13.4. The van der Waals surface area contributed by atoms with Gasteiger partial charge in [0.25, 0.3) is 0 Å². The minimum atomic E-state index is 0.890. The number of furan rings is 1. The predicted molar refractivity (Wildman–Crippen MR) is 280 cm³/mol. The molecule has 0 unspecified atom stereocenters. The molecule has 2 heteroatoms. The van der Waals surface area contributed by atoms with E-state index in [1.807, 2.05) is 12.1 Å². The Morgan fingerprint density at radius 3 is 1.45 bits per heavy atom. The first kappa shape index (κ1) is 37.8. The smallest absolute Gasteiger partial charge is 0.136 e. The van der Waals surface area contributed by atoms with E-state index in [2.05, 4.69) is 241 Å². The summed E-state index contributed by atoms with van der Waals surface area (Å²) >= 11 is 0. The summed E-state index contributed by atoms with van der Waals surface area (Å²) in [7, 11) is 0. The average molecular weight is 840 g/mol. The van der Waals surface area contributed by atoms with Crippen molar-refractivity contribution in [2.75, 3.05) is 4.90 Å². The lowest BCUT2D eigenvalue weighted by molar-refractivity contribution is 0.669. The third kappa shape index (κ3) is 6.50. The first-order valence-electron chi connectivity index (χ1n) is 22.6. The Kier molecular flexibility index (Phi) is 8.89. The third-order valence-electron chi connectivity index (χ3n) is 13.4. The lowest BCUT2D eigenvalue weighted by Crippen LogP contribution is -2.10. The van der Waals surface area contributed by atoms with E-state index in [1.165, 1.54) is 70.9 Å². The fourth-order valence-corrected chi connectivity index (χ4v) is 10.1. The van der Waals surface area contributed by atoms with Gasteiger partial charge >= 0.3 is 0 Å². The van der Waals surface area contributed by atoms with Crippen molar-refractivity contribution in [1.82, 2.24) is 0 Å². The van der Waals surface area contributed by atoms with Crippen LogP contribution >= 0.6 is 0 Å². The highest BCUT2D eigenvalue weighted by molar-refractivity contribution is 6.13. The average Bonchev–Trinajstić information content (AvgIpc) is 3.78. The molecular formula is C64H41NO. The van der Waals surface area contributed by atoms with Crippen molar-refractivity contribution < 1.29 is 4.42 Å². The van der Waals surface area contributed by atoms with E-state index in [1.54, 1.807) is 0 Å². The van der Waals surface area contributed by atoms with Crippen molar-refractivity contribution in [2.45, 2.75) is 0 Å². The molecule has 1 aromatic heterocycles. The van der Waals surface area contributed by atoms with E-state index in [0.717, 1.165) is 55.7 Å². The molecule has 0 N–H and O–H groups in total. The van der Waals surface area contributed by atoms with Crippen LogP contribution in [0.2, 0.25) is 0 Å². The molecule has 0 spiro atoms. The molecule has 0 saturated carbocycles. The van der Waals surface area contributed by atoms with Crippen LogP contribution in [0.5, 0.6) is 0 Å². The molecule has 0 amide bonds. The summed E-state index contributed by atoms with van der Waals surface area (Å²) in [6.45, 7) is 0. The van der Waals surface area contributed by atoms with Gasteiger partial charge in [-0.25, -0.2) is 0 Å². The molecule has 13 rings (SSSR count). The Morgan fingerprint density at radius 1 is 0.242 bits per heavy atom. The maximum absolute atomic E-state index is 6.33. The van der Waals surface area contributed by atoms with Crippen LogP contribution in [0, 0.1) is 0 Å². The summed E-state index contributed by atoms with van der Waals surface area (Å²) in [5.41, 5.74) is 14.4. The van der Waals surface area contributed by atoms with Gasteiger partial charge in [0, 0.05) is 27.8 Å². The quantitative estimate of drug-likeness (QED) is 0.149. The minimum absolute atomic E-state index is 0.890. The first-order chi connectivity index (χ1) is 32.7. The van der Waals surface area contributed by atoms with Gasteiger partial charge in [0.2, 0.25) is 0 Å². The summed E-state index contributed by atoms with van der Waals surface area (Å²) in [5.74, 6) is 0. The fraction of sp³-hybridized carbons (Fsp3) is 0. The number of fused-ring (bicyclic) bond motifs is 9. The van der Waals surface area contributed by atoms with E-state index in [4.69, 9.17) is 4.42 Å². The second kappa shape index (κ2) is 15.5. The van der Waals surface area contributed by atoms with Crippen LogP contribution in [-0.4, -0.2) is 0 Å². The summed E-state index contributed by atoms with van der Waals surface area (Å²) in [6.07, 6.45) is 0. The number of anilines is 3. The zero-order valence-electron chi connectivity index (χ0n) is 36.0. The van der Waals surface area contributed by atoms with E-state index < -0.39 is 0 Å². The lowest BCUT2D eigenvalue weighted by atomic mass is 9.96. The summed E-state index contributed by atoms with van der Waals surface area (Å²) < 4.78 is 6.33. The van der Waals surface area contributed by atoms with Gasteiger partial charge in [-0.3, -0.25) is 0 Å². The number of hydrogen-bond donors (Lipinski definition) is 0. The monoisotopic (exact) mass is 839 g/mol. The topological polar surface area (TPSA) is 16.4 Å². The van der Waals surface area contributed by atoms with Gasteiger partial charge in [-0.15, -0.1) is 0 Å².